The van der Waals surface area contributed by atoms with Gasteiger partial charge >= 0.3 is 0 Å². The normalized spacial score (nSPS) is 12.1. The van der Waals surface area contributed by atoms with E-state index in [1.54, 1.807) is 0 Å². The van der Waals surface area contributed by atoms with Crippen molar-refractivity contribution in [1.82, 2.24) is 0 Å². The summed E-state index contributed by atoms with van der Waals surface area (Å²) in [6.45, 7) is 6.52. The summed E-state index contributed by atoms with van der Waals surface area (Å²) < 4.78 is 0. The highest BCUT2D eigenvalue weighted by molar-refractivity contribution is 4.94. The summed E-state index contributed by atoms with van der Waals surface area (Å²) in [6.07, 6.45) is 6.13. The fourth-order valence-electron chi connectivity index (χ4n) is 0.600. The van der Waals surface area contributed by atoms with Crippen LogP contribution >= 0.6 is 0 Å². The Balaban J connectivity index is 3.12. The van der Waals surface area contributed by atoms with E-state index in [0.717, 1.165) is 0 Å². The highest BCUT2D eigenvalue weighted by Crippen LogP contribution is 2.04. The Bertz CT molecular complexity index is 70.1. The number of allylic oxidation sites excluding steroid dienone is 2. The first kappa shape index (κ1) is 7.74. The molecule has 0 aliphatic heterocycles. The van der Waals surface area contributed by atoms with Crippen LogP contribution in [0.2, 0.25) is 0 Å². The molecule has 0 amide bonds. The molecular formula is C8H16. The Morgan fingerprint density at radius 3 is 2.50 bits per heavy atom. The SMILES string of the molecule is C/C=C(\C)CCCC. The second-order valence-electron chi connectivity index (χ2n) is 2.24. The minimum absolute atomic E-state index is 1.28. The van der Waals surface area contributed by atoms with Gasteiger partial charge in [-0.3, -0.25) is 0 Å². The van der Waals surface area contributed by atoms with Crippen LogP contribution in [0.15, 0.2) is 11.6 Å². The molecule has 0 spiro atoms. The lowest BCUT2D eigenvalue weighted by Gasteiger charge is -1.94. The minimum Gasteiger partial charge on any atom is -0.0887 e. The summed E-state index contributed by atoms with van der Waals surface area (Å²) in [7, 11) is 0. The van der Waals surface area contributed by atoms with Gasteiger partial charge in [0.2, 0.25) is 0 Å². The largest absolute Gasteiger partial charge is 0.0887 e. The van der Waals surface area contributed by atoms with Gasteiger partial charge in [-0.05, 0) is 26.7 Å². The smallest absolute Gasteiger partial charge is 0.0323 e. The van der Waals surface area contributed by atoms with Crippen molar-refractivity contribution in [2.45, 2.75) is 40.0 Å². The molecule has 0 heteroatoms. The van der Waals surface area contributed by atoms with Crippen LogP contribution in [0, 0.1) is 0 Å². The van der Waals surface area contributed by atoms with Gasteiger partial charge in [0, 0.05) is 0 Å². The van der Waals surface area contributed by atoms with Crippen molar-refractivity contribution in [2.75, 3.05) is 0 Å². The molecule has 0 aliphatic rings. The Morgan fingerprint density at radius 1 is 1.50 bits per heavy atom. The fraction of sp³-hybridized carbons (Fsp3) is 0.750. The van der Waals surface area contributed by atoms with E-state index in [1.165, 1.54) is 24.8 Å². The molecule has 0 heterocycles. The van der Waals surface area contributed by atoms with Crippen LogP contribution in [0.3, 0.4) is 0 Å². The highest BCUT2D eigenvalue weighted by atomic mass is 13.9. The zero-order valence-electron chi connectivity index (χ0n) is 6.20. The standard InChI is InChI=1S/C8H16/c1-4-6-7-8(3)5-2/h5H,4,6-7H2,1-3H3/b8-5+. The molecule has 0 aromatic heterocycles. The van der Waals surface area contributed by atoms with Gasteiger partial charge in [-0.1, -0.05) is 25.0 Å². The van der Waals surface area contributed by atoms with Crippen LogP contribution in [0.1, 0.15) is 40.0 Å². The third-order valence-electron chi connectivity index (χ3n) is 1.42. The molecule has 0 saturated heterocycles. The van der Waals surface area contributed by atoms with Gasteiger partial charge < -0.3 is 0 Å². The number of hydrogen-bond acceptors (Lipinski definition) is 0. The van der Waals surface area contributed by atoms with Crippen molar-refractivity contribution < 1.29 is 0 Å². The predicted octanol–water partition coefficient (Wildman–Crippen LogP) is 3.14. The van der Waals surface area contributed by atoms with Gasteiger partial charge in [0.1, 0.15) is 0 Å². The van der Waals surface area contributed by atoms with E-state index in [2.05, 4.69) is 26.8 Å². The Hall–Kier alpha value is -0.260. The molecule has 0 bridgehead atoms. The predicted molar refractivity (Wildman–Crippen MR) is 39.0 cm³/mol. The maximum atomic E-state index is 2.23. The maximum absolute atomic E-state index is 2.23. The van der Waals surface area contributed by atoms with Gasteiger partial charge in [0.15, 0.2) is 0 Å². The average molecular weight is 112 g/mol. The van der Waals surface area contributed by atoms with Crippen LogP contribution in [0.4, 0.5) is 0 Å². The van der Waals surface area contributed by atoms with E-state index in [0.29, 0.717) is 0 Å². The Kier molecular flexibility index (Phi) is 4.73. The zero-order valence-corrected chi connectivity index (χ0v) is 6.20. The summed E-state index contributed by atoms with van der Waals surface area (Å²) >= 11 is 0. The summed E-state index contributed by atoms with van der Waals surface area (Å²) in [5.41, 5.74) is 1.52. The topological polar surface area (TPSA) is 0 Å². The second kappa shape index (κ2) is 4.89. The van der Waals surface area contributed by atoms with Crippen LogP contribution in [-0.2, 0) is 0 Å². The maximum Gasteiger partial charge on any atom is -0.0323 e. The fourth-order valence-corrected chi connectivity index (χ4v) is 0.600. The Labute approximate surface area is 52.6 Å². The molecule has 0 aromatic rings. The van der Waals surface area contributed by atoms with Gasteiger partial charge in [-0.2, -0.15) is 0 Å². The van der Waals surface area contributed by atoms with E-state index >= 15 is 0 Å². The molecule has 8 heavy (non-hydrogen) atoms. The van der Waals surface area contributed by atoms with Crippen molar-refractivity contribution in [3.8, 4) is 0 Å². The molecule has 0 unspecified atom stereocenters. The van der Waals surface area contributed by atoms with Crippen LogP contribution in [-0.4, -0.2) is 0 Å². The van der Waals surface area contributed by atoms with Crippen LogP contribution < -0.4 is 0 Å². The minimum atomic E-state index is 1.28. The molecule has 0 radical (unpaired) electrons. The van der Waals surface area contributed by atoms with Crippen molar-refractivity contribution >= 4 is 0 Å². The molecule has 0 aliphatic carbocycles. The monoisotopic (exact) mass is 112 g/mol. The van der Waals surface area contributed by atoms with Crippen LogP contribution in [0.25, 0.3) is 0 Å². The van der Waals surface area contributed by atoms with E-state index in [9.17, 15) is 0 Å². The molecule has 0 nitrogen and oxygen atoms in total. The molecule has 0 fully saturated rings. The van der Waals surface area contributed by atoms with Crippen LogP contribution in [0.5, 0.6) is 0 Å². The third kappa shape index (κ3) is 3.91. The summed E-state index contributed by atoms with van der Waals surface area (Å²) in [5, 5.41) is 0. The van der Waals surface area contributed by atoms with Gasteiger partial charge in [0.05, 0.1) is 0 Å². The van der Waals surface area contributed by atoms with E-state index in [4.69, 9.17) is 0 Å². The number of rotatable bonds is 3. The lowest BCUT2D eigenvalue weighted by atomic mass is 10.1. The molecule has 0 rings (SSSR count). The van der Waals surface area contributed by atoms with Gasteiger partial charge in [-0.25, -0.2) is 0 Å². The molecule has 0 atom stereocenters. The van der Waals surface area contributed by atoms with Crippen molar-refractivity contribution in [1.29, 1.82) is 0 Å². The molecule has 48 valence electrons. The van der Waals surface area contributed by atoms with Crippen molar-refractivity contribution in [2.24, 2.45) is 0 Å². The molecule has 0 saturated carbocycles. The second-order valence-corrected chi connectivity index (χ2v) is 2.24. The molecule has 0 N–H and O–H groups in total. The first-order chi connectivity index (χ1) is 3.81. The molecular weight excluding hydrogens is 96.1 g/mol. The number of hydrogen-bond donors (Lipinski definition) is 0. The van der Waals surface area contributed by atoms with E-state index in [1.807, 2.05) is 0 Å². The van der Waals surface area contributed by atoms with E-state index < -0.39 is 0 Å². The third-order valence-corrected chi connectivity index (χ3v) is 1.42. The summed E-state index contributed by atoms with van der Waals surface area (Å²) in [6, 6.07) is 0. The van der Waals surface area contributed by atoms with E-state index in [-0.39, 0.29) is 0 Å². The Morgan fingerprint density at radius 2 is 2.12 bits per heavy atom. The first-order valence-corrected chi connectivity index (χ1v) is 3.43. The molecule has 0 aromatic carbocycles. The highest BCUT2D eigenvalue weighted by Gasteiger charge is 1.83. The zero-order chi connectivity index (χ0) is 6.41. The summed E-state index contributed by atoms with van der Waals surface area (Å²) in [4.78, 5) is 0. The number of unbranched alkanes of at least 4 members (excludes halogenated alkanes) is 1. The average Bonchev–Trinajstić information content (AvgIpc) is 1.83. The van der Waals surface area contributed by atoms with Crippen molar-refractivity contribution in [3.63, 3.8) is 0 Å². The van der Waals surface area contributed by atoms with Gasteiger partial charge in [0.25, 0.3) is 0 Å². The first-order valence-electron chi connectivity index (χ1n) is 3.43. The summed E-state index contributed by atoms with van der Waals surface area (Å²) in [5.74, 6) is 0. The van der Waals surface area contributed by atoms with Crippen molar-refractivity contribution in [3.05, 3.63) is 11.6 Å². The quantitative estimate of drug-likeness (QED) is 0.492. The lowest BCUT2D eigenvalue weighted by Crippen LogP contribution is -1.74. The lowest BCUT2D eigenvalue weighted by molar-refractivity contribution is 0.786. The van der Waals surface area contributed by atoms with Gasteiger partial charge in [-0.15, -0.1) is 0 Å².